The standard InChI is InChI=1S/C9H11NO/c1-7-9-5-3-2-4-8(9)6-10(7)11/h2-5,7,11H,6H2,1H3. The monoisotopic (exact) mass is 149 g/mol. The van der Waals surface area contributed by atoms with Gasteiger partial charge in [-0.3, -0.25) is 0 Å². The highest BCUT2D eigenvalue weighted by atomic mass is 16.5. The summed E-state index contributed by atoms with van der Waals surface area (Å²) in [6, 6.07) is 8.29. The summed E-state index contributed by atoms with van der Waals surface area (Å²) in [7, 11) is 0. The first kappa shape index (κ1) is 6.83. The predicted molar refractivity (Wildman–Crippen MR) is 42.2 cm³/mol. The lowest BCUT2D eigenvalue weighted by Gasteiger charge is -2.11. The Morgan fingerprint density at radius 1 is 1.45 bits per heavy atom. The van der Waals surface area contributed by atoms with Crippen molar-refractivity contribution in [3.05, 3.63) is 35.4 Å². The van der Waals surface area contributed by atoms with Gasteiger partial charge in [0.15, 0.2) is 0 Å². The molecule has 2 heteroatoms. The summed E-state index contributed by atoms with van der Waals surface area (Å²) in [6.45, 7) is 2.67. The summed E-state index contributed by atoms with van der Waals surface area (Å²) in [5.74, 6) is 0. The normalized spacial score (nSPS) is 23.6. The molecule has 1 N–H and O–H groups in total. The summed E-state index contributed by atoms with van der Waals surface area (Å²) < 4.78 is 0. The van der Waals surface area contributed by atoms with Crippen molar-refractivity contribution in [2.24, 2.45) is 0 Å². The average Bonchev–Trinajstić information content (AvgIpc) is 2.30. The molecule has 1 aromatic carbocycles. The lowest BCUT2D eigenvalue weighted by molar-refractivity contribution is -0.120. The van der Waals surface area contributed by atoms with E-state index in [1.165, 1.54) is 16.2 Å². The lowest BCUT2D eigenvalue weighted by Crippen LogP contribution is -2.13. The van der Waals surface area contributed by atoms with Gasteiger partial charge in [0, 0.05) is 6.54 Å². The van der Waals surface area contributed by atoms with E-state index < -0.39 is 0 Å². The Morgan fingerprint density at radius 2 is 2.18 bits per heavy atom. The van der Waals surface area contributed by atoms with Crippen LogP contribution in [-0.4, -0.2) is 10.3 Å². The van der Waals surface area contributed by atoms with Crippen LogP contribution in [-0.2, 0) is 6.54 Å². The van der Waals surface area contributed by atoms with E-state index in [2.05, 4.69) is 12.1 Å². The Morgan fingerprint density at radius 3 is 2.91 bits per heavy atom. The molecular weight excluding hydrogens is 138 g/mol. The molecule has 1 aliphatic rings. The second-order valence-electron chi connectivity index (χ2n) is 2.97. The van der Waals surface area contributed by atoms with Gasteiger partial charge in [-0.1, -0.05) is 24.3 Å². The van der Waals surface area contributed by atoms with Crippen molar-refractivity contribution in [3.63, 3.8) is 0 Å². The molecule has 0 saturated heterocycles. The fourth-order valence-corrected chi connectivity index (χ4v) is 1.56. The van der Waals surface area contributed by atoms with E-state index >= 15 is 0 Å². The first-order chi connectivity index (χ1) is 5.29. The van der Waals surface area contributed by atoms with Crippen molar-refractivity contribution in [1.29, 1.82) is 0 Å². The molecule has 58 valence electrons. The summed E-state index contributed by atoms with van der Waals surface area (Å²) in [4.78, 5) is 0. The third-order valence-electron chi connectivity index (χ3n) is 2.28. The highest BCUT2D eigenvalue weighted by Gasteiger charge is 2.23. The van der Waals surface area contributed by atoms with E-state index in [1.807, 2.05) is 19.1 Å². The van der Waals surface area contributed by atoms with Gasteiger partial charge < -0.3 is 5.21 Å². The summed E-state index contributed by atoms with van der Waals surface area (Å²) in [6.07, 6.45) is 0. The molecule has 0 aromatic heterocycles. The molecule has 2 rings (SSSR count). The van der Waals surface area contributed by atoms with Gasteiger partial charge in [0.05, 0.1) is 6.04 Å². The van der Waals surface area contributed by atoms with Crippen LogP contribution in [0.2, 0.25) is 0 Å². The Balaban J connectivity index is 2.47. The van der Waals surface area contributed by atoms with Crippen LogP contribution in [0.25, 0.3) is 0 Å². The minimum absolute atomic E-state index is 0.159. The minimum Gasteiger partial charge on any atom is -0.313 e. The number of hydrogen-bond acceptors (Lipinski definition) is 2. The quantitative estimate of drug-likeness (QED) is 0.609. The minimum atomic E-state index is 0.159. The summed E-state index contributed by atoms with van der Waals surface area (Å²) in [5.41, 5.74) is 2.48. The Kier molecular flexibility index (Phi) is 1.44. The van der Waals surface area contributed by atoms with Gasteiger partial charge in [0.1, 0.15) is 0 Å². The molecule has 2 nitrogen and oxygen atoms in total. The van der Waals surface area contributed by atoms with E-state index in [-0.39, 0.29) is 6.04 Å². The SMILES string of the molecule is CC1c2ccccc2CN1O. The number of rotatable bonds is 0. The smallest absolute Gasteiger partial charge is 0.0578 e. The second-order valence-corrected chi connectivity index (χ2v) is 2.97. The molecule has 0 spiro atoms. The summed E-state index contributed by atoms with van der Waals surface area (Å²) >= 11 is 0. The van der Waals surface area contributed by atoms with E-state index in [0.717, 1.165) is 0 Å². The fraction of sp³-hybridized carbons (Fsp3) is 0.333. The van der Waals surface area contributed by atoms with Crippen LogP contribution in [0.15, 0.2) is 24.3 Å². The van der Waals surface area contributed by atoms with Crippen molar-refractivity contribution in [1.82, 2.24) is 5.06 Å². The number of benzene rings is 1. The molecule has 1 aromatic rings. The topological polar surface area (TPSA) is 23.5 Å². The second kappa shape index (κ2) is 2.32. The Bertz CT molecular complexity index is 272. The zero-order valence-electron chi connectivity index (χ0n) is 6.49. The van der Waals surface area contributed by atoms with Crippen molar-refractivity contribution in [3.8, 4) is 0 Å². The van der Waals surface area contributed by atoms with E-state index in [4.69, 9.17) is 0 Å². The van der Waals surface area contributed by atoms with Crippen LogP contribution < -0.4 is 0 Å². The highest BCUT2D eigenvalue weighted by Crippen LogP contribution is 2.30. The molecule has 0 radical (unpaired) electrons. The average molecular weight is 149 g/mol. The number of hydroxylamine groups is 2. The van der Waals surface area contributed by atoms with Gasteiger partial charge in [0.25, 0.3) is 0 Å². The molecular formula is C9H11NO. The Hall–Kier alpha value is -0.860. The maximum absolute atomic E-state index is 9.35. The Labute approximate surface area is 66.0 Å². The third kappa shape index (κ3) is 0.951. The zero-order valence-corrected chi connectivity index (χ0v) is 6.49. The van der Waals surface area contributed by atoms with Crippen LogP contribution in [0.3, 0.4) is 0 Å². The molecule has 1 aliphatic heterocycles. The van der Waals surface area contributed by atoms with Crippen molar-refractivity contribution in [2.45, 2.75) is 19.5 Å². The van der Waals surface area contributed by atoms with Crippen LogP contribution >= 0.6 is 0 Å². The molecule has 0 amide bonds. The molecule has 1 atom stereocenters. The molecule has 1 heterocycles. The van der Waals surface area contributed by atoms with Gasteiger partial charge in [-0.25, -0.2) is 0 Å². The van der Waals surface area contributed by atoms with E-state index in [0.29, 0.717) is 6.54 Å². The molecule has 0 fully saturated rings. The molecule has 0 saturated carbocycles. The van der Waals surface area contributed by atoms with Gasteiger partial charge in [-0.05, 0) is 18.1 Å². The molecule has 0 bridgehead atoms. The maximum Gasteiger partial charge on any atom is 0.0578 e. The lowest BCUT2D eigenvalue weighted by atomic mass is 10.1. The van der Waals surface area contributed by atoms with Crippen LogP contribution in [0.5, 0.6) is 0 Å². The predicted octanol–water partition coefficient (Wildman–Crippen LogP) is 1.95. The maximum atomic E-state index is 9.35. The van der Waals surface area contributed by atoms with Crippen molar-refractivity contribution in [2.75, 3.05) is 0 Å². The third-order valence-corrected chi connectivity index (χ3v) is 2.28. The van der Waals surface area contributed by atoms with Crippen LogP contribution in [0, 0.1) is 0 Å². The fourth-order valence-electron chi connectivity index (χ4n) is 1.56. The summed E-state index contributed by atoms with van der Waals surface area (Å²) in [5, 5.41) is 10.7. The highest BCUT2D eigenvalue weighted by molar-refractivity contribution is 5.32. The van der Waals surface area contributed by atoms with Crippen LogP contribution in [0.1, 0.15) is 24.1 Å². The van der Waals surface area contributed by atoms with Crippen molar-refractivity contribution < 1.29 is 5.21 Å². The van der Waals surface area contributed by atoms with E-state index in [1.54, 1.807) is 0 Å². The first-order valence-corrected chi connectivity index (χ1v) is 3.82. The zero-order chi connectivity index (χ0) is 7.84. The van der Waals surface area contributed by atoms with Gasteiger partial charge >= 0.3 is 0 Å². The van der Waals surface area contributed by atoms with Crippen molar-refractivity contribution >= 4 is 0 Å². The van der Waals surface area contributed by atoms with Gasteiger partial charge in [-0.15, -0.1) is 0 Å². The number of nitrogens with zero attached hydrogens (tertiary/aromatic N) is 1. The van der Waals surface area contributed by atoms with E-state index in [9.17, 15) is 5.21 Å². The molecule has 11 heavy (non-hydrogen) atoms. The van der Waals surface area contributed by atoms with Crippen LogP contribution in [0.4, 0.5) is 0 Å². The molecule has 1 unspecified atom stereocenters. The largest absolute Gasteiger partial charge is 0.313 e. The van der Waals surface area contributed by atoms with Gasteiger partial charge in [0.2, 0.25) is 0 Å². The number of hydrogen-bond donors (Lipinski definition) is 1. The first-order valence-electron chi connectivity index (χ1n) is 3.82. The van der Waals surface area contributed by atoms with Gasteiger partial charge in [-0.2, -0.15) is 5.06 Å². The number of fused-ring (bicyclic) bond motifs is 1. The molecule has 0 aliphatic carbocycles.